The van der Waals surface area contributed by atoms with Crippen molar-refractivity contribution in [2.75, 3.05) is 24.5 Å². The third kappa shape index (κ3) is 2.51. The van der Waals surface area contributed by atoms with Gasteiger partial charge in [-0.25, -0.2) is 9.59 Å². The van der Waals surface area contributed by atoms with E-state index in [0.717, 1.165) is 30.6 Å². The summed E-state index contributed by atoms with van der Waals surface area (Å²) in [6.07, 6.45) is 3.76. The zero-order valence-electron chi connectivity index (χ0n) is 12.0. The van der Waals surface area contributed by atoms with Crippen LogP contribution in [-0.2, 0) is 6.42 Å². The van der Waals surface area contributed by atoms with Gasteiger partial charge in [-0.05, 0) is 37.5 Å². The Morgan fingerprint density at radius 1 is 1.19 bits per heavy atom. The summed E-state index contributed by atoms with van der Waals surface area (Å²) >= 11 is 0. The number of anilines is 1. The molecule has 0 radical (unpaired) electrons. The number of carboxylic acid groups (broad SMARTS) is 1. The van der Waals surface area contributed by atoms with E-state index in [9.17, 15) is 9.59 Å². The Kier molecular flexibility index (Phi) is 3.41. The van der Waals surface area contributed by atoms with E-state index in [1.165, 1.54) is 5.57 Å². The molecule has 1 N–H and O–H groups in total. The predicted octanol–water partition coefficient (Wildman–Crippen LogP) is 2.52. The molecule has 2 amide bonds. The Balaban J connectivity index is 1.85. The lowest BCUT2D eigenvalue weighted by atomic mass is 10.1. The highest BCUT2D eigenvalue weighted by Gasteiger charge is 2.29. The lowest BCUT2D eigenvalue weighted by Gasteiger charge is -2.30. The molecule has 2 aliphatic rings. The number of carboxylic acids is 1. The van der Waals surface area contributed by atoms with Crippen LogP contribution < -0.4 is 4.90 Å². The topological polar surface area (TPSA) is 60.9 Å². The molecule has 2 heterocycles. The van der Waals surface area contributed by atoms with Gasteiger partial charge in [-0.2, -0.15) is 0 Å². The van der Waals surface area contributed by atoms with Gasteiger partial charge in [0.1, 0.15) is 0 Å². The van der Waals surface area contributed by atoms with Gasteiger partial charge in [0.2, 0.25) is 0 Å². The highest BCUT2D eigenvalue weighted by atomic mass is 16.4. The van der Waals surface area contributed by atoms with Gasteiger partial charge in [-0.15, -0.1) is 0 Å². The van der Waals surface area contributed by atoms with Gasteiger partial charge in [0.25, 0.3) is 0 Å². The molecule has 5 nitrogen and oxygen atoms in total. The molecule has 1 aromatic carbocycles. The van der Waals surface area contributed by atoms with Crippen LogP contribution in [0.25, 0.3) is 0 Å². The SMILES string of the molecule is CC1=CCN(C(=O)N2CCc3ccc(C(=O)O)cc32)CC1. The Morgan fingerprint density at radius 3 is 2.67 bits per heavy atom. The maximum atomic E-state index is 12.6. The maximum absolute atomic E-state index is 12.6. The summed E-state index contributed by atoms with van der Waals surface area (Å²) in [5.74, 6) is -0.964. The summed E-state index contributed by atoms with van der Waals surface area (Å²) in [5, 5.41) is 9.10. The van der Waals surface area contributed by atoms with Crippen molar-refractivity contribution in [3.05, 3.63) is 41.0 Å². The van der Waals surface area contributed by atoms with E-state index in [1.807, 2.05) is 11.0 Å². The van der Waals surface area contributed by atoms with Crippen molar-refractivity contribution in [3.8, 4) is 0 Å². The molecule has 0 aliphatic carbocycles. The largest absolute Gasteiger partial charge is 0.478 e. The molecular weight excluding hydrogens is 268 g/mol. The number of hydrogen-bond donors (Lipinski definition) is 1. The molecule has 2 aliphatic heterocycles. The number of rotatable bonds is 1. The molecule has 0 saturated carbocycles. The number of nitrogens with zero attached hydrogens (tertiary/aromatic N) is 2. The molecule has 0 aromatic heterocycles. The number of aromatic carboxylic acids is 1. The molecule has 0 fully saturated rings. The van der Waals surface area contributed by atoms with E-state index in [-0.39, 0.29) is 11.6 Å². The van der Waals surface area contributed by atoms with Crippen LogP contribution in [-0.4, -0.2) is 41.6 Å². The van der Waals surface area contributed by atoms with E-state index >= 15 is 0 Å². The first-order valence-corrected chi connectivity index (χ1v) is 7.14. The number of carbonyl (C=O) groups excluding carboxylic acids is 1. The zero-order chi connectivity index (χ0) is 15.0. The average molecular weight is 286 g/mol. The second-order valence-electron chi connectivity index (χ2n) is 5.58. The van der Waals surface area contributed by atoms with Gasteiger partial charge in [0.15, 0.2) is 0 Å². The Bertz CT molecular complexity index is 636. The van der Waals surface area contributed by atoms with Crippen molar-refractivity contribution in [1.82, 2.24) is 4.90 Å². The van der Waals surface area contributed by atoms with Crippen molar-refractivity contribution < 1.29 is 14.7 Å². The second kappa shape index (κ2) is 5.24. The van der Waals surface area contributed by atoms with Crippen molar-refractivity contribution in [1.29, 1.82) is 0 Å². The van der Waals surface area contributed by atoms with Gasteiger partial charge < -0.3 is 10.0 Å². The molecule has 3 rings (SSSR count). The lowest BCUT2D eigenvalue weighted by Crippen LogP contribution is -2.44. The molecular formula is C16H18N2O3. The van der Waals surface area contributed by atoms with Crippen molar-refractivity contribution in [3.63, 3.8) is 0 Å². The first kappa shape index (κ1) is 13.7. The number of fused-ring (bicyclic) bond motifs is 1. The molecule has 0 spiro atoms. The summed E-state index contributed by atoms with van der Waals surface area (Å²) < 4.78 is 0. The number of amides is 2. The van der Waals surface area contributed by atoms with Crippen LogP contribution in [0.15, 0.2) is 29.8 Å². The van der Waals surface area contributed by atoms with Crippen molar-refractivity contribution >= 4 is 17.7 Å². The fraction of sp³-hybridized carbons (Fsp3) is 0.375. The van der Waals surface area contributed by atoms with Gasteiger partial charge in [0, 0.05) is 25.3 Å². The summed E-state index contributed by atoms with van der Waals surface area (Å²) in [4.78, 5) is 27.2. The average Bonchev–Trinajstić information content (AvgIpc) is 2.90. The second-order valence-corrected chi connectivity index (χ2v) is 5.58. The number of carbonyl (C=O) groups is 2. The Hall–Kier alpha value is -2.30. The summed E-state index contributed by atoms with van der Waals surface area (Å²) in [7, 11) is 0. The maximum Gasteiger partial charge on any atom is 0.335 e. The summed E-state index contributed by atoms with van der Waals surface area (Å²) in [5.41, 5.74) is 3.32. The van der Waals surface area contributed by atoms with Gasteiger partial charge in [-0.1, -0.05) is 17.7 Å². The van der Waals surface area contributed by atoms with Crippen molar-refractivity contribution in [2.45, 2.75) is 19.8 Å². The van der Waals surface area contributed by atoms with Crippen LogP contribution in [0.3, 0.4) is 0 Å². The van der Waals surface area contributed by atoms with Crippen molar-refractivity contribution in [2.24, 2.45) is 0 Å². The summed E-state index contributed by atoms with van der Waals surface area (Å²) in [6.45, 7) is 4.06. The van der Waals surface area contributed by atoms with Crippen LogP contribution in [0.5, 0.6) is 0 Å². The van der Waals surface area contributed by atoms with E-state index in [0.29, 0.717) is 13.1 Å². The molecule has 0 unspecified atom stereocenters. The molecule has 1 aromatic rings. The first-order valence-electron chi connectivity index (χ1n) is 7.14. The van der Waals surface area contributed by atoms with E-state index in [4.69, 9.17) is 5.11 Å². The van der Waals surface area contributed by atoms with Crippen LogP contribution >= 0.6 is 0 Å². The highest BCUT2D eigenvalue weighted by molar-refractivity contribution is 5.97. The third-order valence-corrected chi connectivity index (χ3v) is 4.17. The normalized spacial score (nSPS) is 17.5. The predicted molar refractivity (Wildman–Crippen MR) is 79.8 cm³/mol. The Labute approximate surface area is 123 Å². The molecule has 5 heteroatoms. The smallest absolute Gasteiger partial charge is 0.335 e. The quantitative estimate of drug-likeness (QED) is 0.807. The van der Waals surface area contributed by atoms with Gasteiger partial charge >= 0.3 is 12.0 Å². The fourth-order valence-electron chi connectivity index (χ4n) is 2.83. The van der Waals surface area contributed by atoms with E-state index in [1.54, 1.807) is 17.0 Å². The first-order chi connectivity index (χ1) is 10.1. The van der Waals surface area contributed by atoms with Crippen LogP contribution in [0, 0.1) is 0 Å². The number of urea groups is 1. The monoisotopic (exact) mass is 286 g/mol. The van der Waals surface area contributed by atoms with Crippen LogP contribution in [0.2, 0.25) is 0 Å². The standard InChI is InChI=1S/C16H18N2O3/c1-11-4-7-17(8-5-11)16(21)18-9-6-12-2-3-13(15(19)20)10-14(12)18/h2-4,10H,5-9H2,1H3,(H,19,20). The van der Waals surface area contributed by atoms with Gasteiger partial charge in [-0.3, -0.25) is 4.90 Å². The Morgan fingerprint density at radius 2 is 2.00 bits per heavy atom. The minimum atomic E-state index is -0.964. The minimum Gasteiger partial charge on any atom is -0.478 e. The zero-order valence-corrected chi connectivity index (χ0v) is 12.0. The van der Waals surface area contributed by atoms with E-state index < -0.39 is 5.97 Å². The highest BCUT2D eigenvalue weighted by Crippen LogP contribution is 2.30. The minimum absolute atomic E-state index is 0.0277. The molecule has 21 heavy (non-hydrogen) atoms. The van der Waals surface area contributed by atoms with E-state index in [2.05, 4.69) is 13.0 Å². The van der Waals surface area contributed by atoms with Gasteiger partial charge in [0.05, 0.1) is 5.56 Å². The third-order valence-electron chi connectivity index (χ3n) is 4.17. The fourth-order valence-corrected chi connectivity index (χ4v) is 2.83. The lowest BCUT2D eigenvalue weighted by molar-refractivity contribution is 0.0697. The molecule has 0 saturated heterocycles. The molecule has 0 bridgehead atoms. The van der Waals surface area contributed by atoms with Crippen LogP contribution in [0.1, 0.15) is 29.3 Å². The molecule has 110 valence electrons. The van der Waals surface area contributed by atoms with Crippen LogP contribution in [0.4, 0.5) is 10.5 Å². The number of hydrogen-bond acceptors (Lipinski definition) is 2. The summed E-state index contributed by atoms with van der Waals surface area (Å²) in [6, 6.07) is 4.99. The number of benzene rings is 1. The molecule has 0 atom stereocenters.